The molecule has 2 heterocycles. The lowest BCUT2D eigenvalue weighted by molar-refractivity contribution is 0.171. The minimum absolute atomic E-state index is 0.138. The summed E-state index contributed by atoms with van der Waals surface area (Å²) in [6.45, 7) is 7.02. The summed E-state index contributed by atoms with van der Waals surface area (Å²) in [5, 5.41) is 3.75. The maximum atomic E-state index is 12.9. The van der Waals surface area contributed by atoms with Gasteiger partial charge < -0.3 is 14.2 Å². The van der Waals surface area contributed by atoms with Crippen molar-refractivity contribution in [2.75, 3.05) is 31.6 Å². The molecule has 1 aliphatic rings. The van der Waals surface area contributed by atoms with Crippen LogP contribution in [0.4, 0.5) is 5.69 Å². The first-order valence-corrected chi connectivity index (χ1v) is 9.68. The van der Waals surface area contributed by atoms with Gasteiger partial charge in [0.1, 0.15) is 22.4 Å². The van der Waals surface area contributed by atoms with Gasteiger partial charge in [0.25, 0.3) is 0 Å². The Balaban J connectivity index is 1.81. The molecule has 2 aromatic rings. The Morgan fingerprint density at radius 2 is 2.04 bits per heavy atom. The molecule has 7 nitrogen and oxygen atoms in total. The highest BCUT2D eigenvalue weighted by molar-refractivity contribution is 7.89. The van der Waals surface area contributed by atoms with Crippen LogP contribution in [0, 0.1) is 13.8 Å². The summed E-state index contributed by atoms with van der Waals surface area (Å²) in [5.41, 5.74) is 1.41. The molecule has 0 spiro atoms. The number of benzene rings is 1. The molecule has 0 amide bonds. The lowest BCUT2D eigenvalue weighted by atomic mass is 10.2. The molecule has 1 aromatic carbocycles. The predicted molar refractivity (Wildman–Crippen MR) is 94.5 cm³/mol. The van der Waals surface area contributed by atoms with Crippen molar-refractivity contribution in [1.82, 2.24) is 9.46 Å². The Morgan fingerprint density at radius 1 is 1.32 bits per heavy atom. The Morgan fingerprint density at radius 3 is 2.68 bits per heavy atom. The van der Waals surface area contributed by atoms with Gasteiger partial charge in [-0.2, -0.15) is 4.31 Å². The van der Waals surface area contributed by atoms with Crippen LogP contribution in [0.5, 0.6) is 5.75 Å². The standard InChI is InChI=1S/C17H23N3O4S/c1-5-20-11-14(23-16-9-7-6-8-15(16)20)10-19(4)25(21,22)17-12(2)18-24-13(17)3/h6-9,14H,5,10-11H2,1-4H3/t14-/m0/s1. The molecule has 136 valence electrons. The van der Waals surface area contributed by atoms with Crippen molar-refractivity contribution in [1.29, 1.82) is 0 Å². The van der Waals surface area contributed by atoms with E-state index >= 15 is 0 Å². The van der Waals surface area contributed by atoms with Gasteiger partial charge in [-0.1, -0.05) is 17.3 Å². The third-order valence-electron chi connectivity index (χ3n) is 4.40. The number of likely N-dealkylation sites (N-methyl/N-ethyl adjacent to an activating group) is 2. The molecule has 0 fully saturated rings. The van der Waals surface area contributed by atoms with Gasteiger partial charge in [0.05, 0.1) is 18.8 Å². The predicted octanol–water partition coefficient (Wildman–Crippen LogP) is 2.20. The molecule has 0 saturated carbocycles. The zero-order valence-corrected chi connectivity index (χ0v) is 15.7. The van der Waals surface area contributed by atoms with E-state index in [0.29, 0.717) is 18.0 Å². The minimum atomic E-state index is -3.68. The first kappa shape index (κ1) is 17.8. The largest absolute Gasteiger partial charge is 0.485 e. The van der Waals surface area contributed by atoms with Crippen molar-refractivity contribution < 1.29 is 17.7 Å². The lowest BCUT2D eigenvalue weighted by Crippen LogP contribution is -2.46. The maximum absolute atomic E-state index is 12.9. The van der Waals surface area contributed by atoms with Crippen LogP contribution < -0.4 is 9.64 Å². The molecular formula is C17H23N3O4S. The van der Waals surface area contributed by atoms with E-state index in [2.05, 4.69) is 17.0 Å². The van der Waals surface area contributed by atoms with Crippen LogP contribution in [-0.4, -0.2) is 50.7 Å². The van der Waals surface area contributed by atoms with E-state index in [-0.39, 0.29) is 17.5 Å². The number of fused-ring (bicyclic) bond motifs is 1. The van der Waals surface area contributed by atoms with Gasteiger partial charge in [-0.05, 0) is 32.9 Å². The fourth-order valence-corrected chi connectivity index (χ4v) is 4.64. The van der Waals surface area contributed by atoms with Crippen LogP contribution in [0.2, 0.25) is 0 Å². The molecule has 0 N–H and O–H groups in total. The quantitative estimate of drug-likeness (QED) is 0.809. The molecular weight excluding hydrogens is 342 g/mol. The number of anilines is 1. The fraction of sp³-hybridized carbons (Fsp3) is 0.471. The number of ether oxygens (including phenoxy) is 1. The Hall–Kier alpha value is -2.06. The highest BCUT2D eigenvalue weighted by Crippen LogP contribution is 2.33. The lowest BCUT2D eigenvalue weighted by Gasteiger charge is -2.36. The van der Waals surface area contributed by atoms with Crippen molar-refractivity contribution in [3.05, 3.63) is 35.7 Å². The third kappa shape index (κ3) is 3.23. The molecule has 3 rings (SSSR count). The van der Waals surface area contributed by atoms with Crippen LogP contribution in [-0.2, 0) is 10.0 Å². The van der Waals surface area contributed by atoms with E-state index in [9.17, 15) is 8.42 Å². The third-order valence-corrected chi connectivity index (χ3v) is 6.47. The SMILES string of the molecule is CCN1C[C@H](CN(C)S(=O)(=O)c2c(C)noc2C)Oc2ccccc21. The molecule has 1 aromatic heterocycles. The summed E-state index contributed by atoms with van der Waals surface area (Å²) < 4.78 is 38.1. The number of hydrogen-bond donors (Lipinski definition) is 0. The summed E-state index contributed by atoms with van der Waals surface area (Å²) >= 11 is 0. The monoisotopic (exact) mass is 365 g/mol. The highest BCUT2D eigenvalue weighted by Gasteiger charge is 2.32. The van der Waals surface area contributed by atoms with Crippen molar-refractivity contribution >= 4 is 15.7 Å². The first-order valence-electron chi connectivity index (χ1n) is 8.24. The zero-order valence-electron chi connectivity index (χ0n) is 14.9. The molecule has 0 aliphatic carbocycles. The number of aryl methyl sites for hydroxylation is 2. The number of hydrogen-bond acceptors (Lipinski definition) is 6. The van der Waals surface area contributed by atoms with E-state index in [1.165, 1.54) is 4.31 Å². The molecule has 8 heteroatoms. The van der Waals surface area contributed by atoms with Gasteiger partial charge in [0.2, 0.25) is 10.0 Å². The average molecular weight is 365 g/mol. The Labute approximate surface area is 148 Å². The molecule has 0 saturated heterocycles. The van der Waals surface area contributed by atoms with Gasteiger partial charge in [0.15, 0.2) is 5.76 Å². The van der Waals surface area contributed by atoms with Crippen LogP contribution in [0.25, 0.3) is 0 Å². The summed E-state index contributed by atoms with van der Waals surface area (Å²) in [6, 6.07) is 7.81. The van der Waals surface area contributed by atoms with Crippen LogP contribution >= 0.6 is 0 Å². The molecule has 0 bridgehead atoms. The first-order chi connectivity index (χ1) is 11.8. The molecule has 25 heavy (non-hydrogen) atoms. The second-order valence-electron chi connectivity index (χ2n) is 6.19. The fourth-order valence-electron chi connectivity index (χ4n) is 3.16. The second kappa shape index (κ2) is 6.68. The second-order valence-corrected chi connectivity index (χ2v) is 8.17. The summed E-state index contributed by atoms with van der Waals surface area (Å²) in [7, 11) is -2.12. The number of aromatic nitrogens is 1. The minimum Gasteiger partial charge on any atom is -0.485 e. The Bertz CT molecular complexity index is 843. The van der Waals surface area contributed by atoms with Crippen LogP contribution in [0.1, 0.15) is 18.4 Å². The molecule has 1 atom stereocenters. The molecule has 1 aliphatic heterocycles. The van der Waals surface area contributed by atoms with E-state index in [4.69, 9.17) is 9.26 Å². The summed E-state index contributed by atoms with van der Waals surface area (Å²) in [4.78, 5) is 2.33. The van der Waals surface area contributed by atoms with Crippen LogP contribution in [0.15, 0.2) is 33.7 Å². The van der Waals surface area contributed by atoms with E-state index < -0.39 is 10.0 Å². The maximum Gasteiger partial charge on any atom is 0.248 e. The van der Waals surface area contributed by atoms with E-state index in [0.717, 1.165) is 18.0 Å². The molecule has 0 unspecified atom stereocenters. The highest BCUT2D eigenvalue weighted by atomic mass is 32.2. The van der Waals surface area contributed by atoms with Gasteiger partial charge in [-0.3, -0.25) is 0 Å². The normalized spacial score (nSPS) is 17.5. The number of rotatable bonds is 5. The van der Waals surface area contributed by atoms with Gasteiger partial charge in [-0.25, -0.2) is 8.42 Å². The van der Waals surface area contributed by atoms with Gasteiger partial charge in [0, 0.05) is 13.6 Å². The van der Waals surface area contributed by atoms with Crippen molar-refractivity contribution in [3.63, 3.8) is 0 Å². The smallest absolute Gasteiger partial charge is 0.248 e. The zero-order chi connectivity index (χ0) is 18.2. The Kier molecular flexibility index (Phi) is 4.75. The van der Waals surface area contributed by atoms with Crippen molar-refractivity contribution in [2.45, 2.75) is 31.8 Å². The number of para-hydroxylation sites is 2. The summed E-state index contributed by atoms with van der Waals surface area (Å²) in [5.74, 6) is 1.08. The van der Waals surface area contributed by atoms with Gasteiger partial charge >= 0.3 is 0 Å². The van der Waals surface area contributed by atoms with Gasteiger partial charge in [-0.15, -0.1) is 0 Å². The molecule has 0 radical (unpaired) electrons. The van der Waals surface area contributed by atoms with Crippen molar-refractivity contribution in [2.24, 2.45) is 0 Å². The summed E-state index contributed by atoms with van der Waals surface area (Å²) in [6.07, 6.45) is -0.255. The van der Waals surface area contributed by atoms with Crippen molar-refractivity contribution in [3.8, 4) is 5.75 Å². The van der Waals surface area contributed by atoms with E-state index in [1.807, 2.05) is 24.3 Å². The number of sulfonamides is 1. The van der Waals surface area contributed by atoms with Crippen LogP contribution in [0.3, 0.4) is 0 Å². The average Bonchev–Trinajstić information content (AvgIpc) is 2.93. The number of nitrogens with zero attached hydrogens (tertiary/aromatic N) is 3. The van der Waals surface area contributed by atoms with E-state index in [1.54, 1.807) is 20.9 Å². The topological polar surface area (TPSA) is 75.9 Å².